The monoisotopic (exact) mass is 592 g/mol. The maximum Gasteiger partial charge on any atom is 0.469 e. The molecule has 40 heavy (non-hydrogen) atoms. The lowest BCUT2D eigenvalue weighted by molar-refractivity contribution is -0.161. The molecule has 0 aromatic carbocycles. The van der Waals surface area contributed by atoms with Crippen molar-refractivity contribution in [3.8, 4) is 0 Å². The van der Waals surface area contributed by atoms with Gasteiger partial charge in [0.15, 0.2) is 6.10 Å². The molecule has 0 fully saturated rings. The Morgan fingerprint density at radius 1 is 0.625 bits per heavy atom. The average Bonchev–Trinajstić information content (AvgIpc) is 2.89. The summed E-state index contributed by atoms with van der Waals surface area (Å²) in [6.45, 7) is 5.90. The first kappa shape index (κ1) is 39.0. The summed E-state index contributed by atoms with van der Waals surface area (Å²) in [4.78, 5) is 42.1. The maximum absolute atomic E-state index is 12.1. The zero-order valence-corrected chi connectivity index (χ0v) is 26.8. The zero-order chi connectivity index (χ0) is 29.9. The van der Waals surface area contributed by atoms with Crippen LogP contribution in [0.2, 0.25) is 0 Å². The molecule has 0 rings (SSSR count). The van der Waals surface area contributed by atoms with Gasteiger partial charge in [0, 0.05) is 12.8 Å². The van der Waals surface area contributed by atoms with Crippen molar-refractivity contribution in [3.05, 3.63) is 0 Å². The highest BCUT2D eigenvalue weighted by Crippen LogP contribution is 2.35. The molecule has 0 aliphatic rings. The summed E-state index contributed by atoms with van der Waals surface area (Å²) < 4.78 is 26.0. The molecule has 0 spiro atoms. The van der Waals surface area contributed by atoms with Crippen molar-refractivity contribution in [2.75, 3.05) is 13.2 Å². The summed E-state index contributed by atoms with van der Waals surface area (Å²) in [5.74, 6) is -0.0583. The molecule has 1 atom stereocenters. The third-order valence-corrected chi connectivity index (χ3v) is 7.54. The van der Waals surface area contributed by atoms with Gasteiger partial charge in [0.05, 0.1) is 6.61 Å². The smallest absolute Gasteiger partial charge is 0.462 e. The van der Waals surface area contributed by atoms with E-state index >= 15 is 0 Å². The molecule has 0 saturated carbocycles. The normalized spacial score (nSPS) is 12.6. The quantitative estimate of drug-likeness (QED) is 0.0502. The summed E-state index contributed by atoms with van der Waals surface area (Å²) in [7, 11) is -4.72. The molecular weight excluding hydrogens is 531 g/mol. The second-order valence-electron chi connectivity index (χ2n) is 11.6. The molecule has 0 amide bonds. The van der Waals surface area contributed by atoms with Crippen LogP contribution in [0.3, 0.4) is 0 Å². The van der Waals surface area contributed by atoms with Gasteiger partial charge in [0.25, 0.3) is 0 Å². The predicted molar refractivity (Wildman–Crippen MR) is 161 cm³/mol. The van der Waals surface area contributed by atoms with Crippen molar-refractivity contribution in [3.63, 3.8) is 0 Å². The predicted octanol–water partition coefficient (Wildman–Crippen LogP) is 8.81. The Kier molecular flexibility index (Phi) is 26.3. The largest absolute Gasteiger partial charge is 0.469 e. The van der Waals surface area contributed by atoms with Crippen LogP contribution in [0.5, 0.6) is 0 Å². The number of hydrogen-bond acceptors (Lipinski definition) is 6. The van der Waals surface area contributed by atoms with E-state index in [0.717, 1.165) is 50.9 Å². The number of ether oxygens (including phenoxy) is 2. The molecule has 238 valence electrons. The molecule has 8 nitrogen and oxygen atoms in total. The Hall–Kier alpha value is -0.950. The van der Waals surface area contributed by atoms with Gasteiger partial charge in [-0.15, -0.1) is 0 Å². The Morgan fingerprint density at radius 3 is 1.50 bits per heavy atom. The van der Waals surface area contributed by atoms with Crippen molar-refractivity contribution in [2.24, 2.45) is 5.92 Å². The van der Waals surface area contributed by atoms with Gasteiger partial charge in [-0.2, -0.15) is 0 Å². The molecule has 0 aliphatic carbocycles. The number of phosphoric ester groups is 1. The van der Waals surface area contributed by atoms with E-state index in [1.807, 2.05) is 0 Å². The molecule has 2 N–H and O–H groups in total. The van der Waals surface area contributed by atoms with Crippen molar-refractivity contribution >= 4 is 19.8 Å². The Balaban J connectivity index is 3.83. The van der Waals surface area contributed by atoms with Crippen molar-refractivity contribution in [1.29, 1.82) is 0 Å². The van der Waals surface area contributed by atoms with E-state index in [9.17, 15) is 14.2 Å². The third kappa shape index (κ3) is 30.0. The topological polar surface area (TPSA) is 119 Å². The van der Waals surface area contributed by atoms with Gasteiger partial charge in [-0.05, 0) is 18.8 Å². The Bertz CT molecular complexity index is 649. The molecule has 0 bridgehead atoms. The van der Waals surface area contributed by atoms with Crippen LogP contribution in [0.4, 0.5) is 0 Å². The molecule has 0 saturated heterocycles. The van der Waals surface area contributed by atoms with Crippen LogP contribution < -0.4 is 0 Å². The van der Waals surface area contributed by atoms with E-state index < -0.39 is 32.5 Å². The molecule has 0 unspecified atom stereocenters. The number of carbonyl (C=O) groups is 2. The number of rotatable bonds is 29. The number of carbonyl (C=O) groups excluding carboxylic acids is 2. The molecule has 0 radical (unpaired) electrons. The van der Waals surface area contributed by atoms with Crippen molar-refractivity contribution in [2.45, 2.75) is 168 Å². The summed E-state index contributed by atoms with van der Waals surface area (Å²) in [5.41, 5.74) is 0. The minimum absolute atomic E-state index is 0.211. The average molecular weight is 593 g/mol. The fourth-order valence-electron chi connectivity index (χ4n) is 4.62. The fourth-order valence-corrected chi connectivity index (χ4v) is 4.98. The van der Waals surface area contributed by atoms with Crippen LogP contribution in [0.25, 0.3) is 0 Å². The van der Waals surface area contributed by atoms with Crippen LogP contribution in [0, 0.1) is 5.92 Å². The highest BCUT2D eigenvalue weighted by atomic mass is 31.2. The number of hydrogen-bond donors (Lipinski definition) is 2. The SMILES string of the molecule is CCCCCCCC(=O)O[C@H](COC(=O)CCCCCCCCCCCCCCCCC(C)C)COP(=O)(O)O. The van der Waals surface area contributed by atoms with Crippen LogP contribution in [-0.2, 0) is 28.2 Å². The van der Waals surface area contributed by atoms with E-state index in [-0.39, 0.29) is 19.4 Å². The van der Waals surface area contributed by atoms with Gasteiger partial charge in [0.1, 0.15) is 6.61 Å². The van der Waals surface area contributed by atoms with Gasteiger partial charge in [0.2, 0.25) is 0 Å². The van der Waals surface area contributed by atoms with Crippen LogP contribution >= 0.6 is 7.82 Å². The molecular formula is C31H61O8P. The van der Waals surface area contributed by atoms with E-state index in [1.54, 1.807) is 0 Å². The Labute approximate surface area is 244 Å². The first-order chi connectivity index (χ1) is 19.1. The highest BCUT2D eigenvalue weighted by Gasteiger charge is 2.22. The fraction of sp³-hybridized carbons (Fsp3) is 0.935. The van der Waals surface area contributed by atoms with Gasteiger partial charge in [-0.1, -0.05) is 136 Å². The molecule has 9 heteroatoms. The molecule has 0 heterocycles. The minimum Gasteiger partial charge on any atom is -0.462 e. The first-order valence-corrected chi connectivity index (χ1v) is 17.7. The third-order valence-electron chi connectivity index (χ3n) is 7.05. The summed E-state index contributed by atoms with van der Waals surface area (Å²) in [5, 5.41) is 0. The van der Waals surface area contributed by atoms with Gasteiger partial charge < -0.3 is 19.3 Å². The minimum atomic E-state index is -4.72. The van der Waals surface area contributed by atoms with Crippen LogP contribution in [0.15, 0.2) is 0 Å². The zero-order valence-electron chi connectivity index (χ0n) is 25.9. The second-order valence-corrected chi connectivity index (χ2v) is 12.9. The number of unbranched alkanes of at least 4 members (excludes halogenated alkanes) is 17. The molecule has 0 aromatic rings. The van der Waals surface area contributed by atoms with E-state index in [4.69, 9.17) is 19.3 Å². The summed E-state index contributed by atoms with van der Waals surface area (Å²) >= 11 is 0. The van der Waals surface area contributed by atoms with E-state index in [2.05, 4.69) is 25.3 Å². The van der Waals surface area contributed by atoms with E-state index in [1.165, 1.54) is 77.0 Å². The van der Waals surface area contributed by atoms with Gasteiger partial charge >= 0.3 is 19.8 Å². The number of phosphoric acid groups is 1. The molecule has 0 aromatic heterocycles. The lowest BCUT2D eigenvalue weighted by Crippen LogP contribution is -2.29. The van der Waals surface area contributed by atoms with Crippen molar-refractivity contribution < 1.29 is 37.9 Å². The Morgan fingerprint density at radius 2 is 1.05 bits per heavy atom. The first-order valence-electron chi connectivity index (χ1n) is 16.2. The van der Waals surface area contributed by atoms with Gasteiger partial charge in [-0.3, -0.25) is 14.1 Å². The van der Waals surface area contributed by atoms with Crippen molar-refractivity contribution in [1.82, 2.24) is 0 Å². The highest BCUT2D eigenvalue weighted by molar-refractivity contribution is 7.46. The standard InChI is InChI=1S/C31H61O8P/c1-4-5-6-17-22-25-31(33)39-29(27-38-40(34,35)36)26-37-30(32)24-21-19-16-14-12-10-8-7-9-11-13-15-18-20-23-28(2)3/h28-29H,4-27H2,1-3H3,(H2,34,35,36)/t29-/m1/s1. The van der Waals surface area contributed by atoms with Crippen LogP contribution in [-0.4, -0.2) is 41.0 Å². The van der Waals surface area contributed by atoms with E-state index in [0.29, 0.717) is 6.42 Å². The van der Waals surface area contributed by atoms with Gasteiger partial charge in [-0.25, -0.2) is 4.57 Å². The maximum atomic E-state index is 12.1. The summed E-state index contributed by atoms with van der Waals surface area (Å²) in [6.07, 6.45) is 23.1. The summed E-state index contributed by atoms with van der Waals surface area (Å²) in [6, 6.07) is 0. The molecule has 0 aliphatic heterocycles. The number of esters is 2. The lowest BCUT2D eigenvalue weighted by atomic mass is 10.0. The van der Waals surface area contributed by atoms with Crippen LogP contribution in [0.1, 0.15) is 162 Å². The second kappa shape index (κ2) is 26.9. The lowest BCUT2D eigenvalue weighted by Gasteiger charge is -2.18.